The molecule has 4 aromatic rings. The maximum Gasteiger partial charge on any atom is 0.119 e. The Morgan fingerprint density at radius 2 is 1.09 bits per heavy atom. The van der Waals surface area contributed by atoms with Crippen molar-refractivity contribution in [3.8, 4) is 16.9 Å². The molecule has 0 aliphatic carbocycles. The minimum absolute atomic E-state index is 0.538. The molecule has 1 atom stereocenters. The minimum atomic E-state index is 0.538. The van der Waals surface area contributed by atoms with Gasteiger partial charge in [-0.1, -0.05) is 97.9 Å². The van der Waals surface area contributed by atoms with E-state index in [1.54, 1.807) is 0 Å². The lowest BCUT2D eigenvalue weighted by Crippen LogP contribution is -1.99. The third kappa shape index (κ3) is 5.88. The van der Waals surface area contributed by atoms with Gasteiger partial charge in [-0.05, 0) is 77.6 Å². The highest BCUT2D eigenvalue weighted by molar-refractivity contribution is 5.64. The van der Waals surface area contributed by atoms with Crippen LogP contribution in [0.1, 0.15) is 42.0 Å². The summed E-state index contributed by atoms with van der Waals surface area (Å²) < 4.78 is 5.54. The van der Waals surface area contributed by atoms with Gasteiger partial charge >= 0.3 is 0 Å². The van der Waals surface area contributed by atoms with E-state index in [0.29, 0.717) is 12.5 Å². The van der Waals surface area contributed by atoms with E-state index in [-0.39, 0.29) is 0 Å². The van der Waals surface area contributed by atoms with Crippen LogP contribution in [-0.2, 0) is 19.3 Å². The van der Waals surface area contributed by atoms with Crippen LogP contribution in [0.15, 0.2) is 103 Å². The Hall–Kier alpha value is -3.32. The van der Waals surface area contributed by atoms with Crippen LogP contribution in [-0.4, -0.2) is 6.61 Å². The summed E-state index contributed by atoms with van der Waals surface area (Å²) in [6, 6.07) is 37.2. The summed E-state index contributed by atoms with van der Waals surface area (Å²) >= 11 is 0. The summed E-state index contributed by atoms with van der Waals surface area (Å²) in [5.74, 6) is 1.46. The zero-order valence-electron chi connectivity index (χ0n) is 19.1. The maximum atomic E-state index is 5.54. The molecule has 0 aliphatic rings. The van der Waals surface area contributed by atoms with E-state index in [2.05, 4.69) is 97.9 Å². The number of aryl methyl sites for hydroxylation is 2. The summed E-state index contributed by atoms with van der Waals surface area (Å²) in [6.07, 6.45) is 3.21. The van der Waals surface area contributed by atoms with Crippen molar-refractivity contribution in [2.24, 2.45) is 0 Å². The third-order valence-corrected chi connectivity index (χ3v) is 6.09. The summed E-state index contributed by atoms with van der Waals surface area (Å²) in [6.45, 7) is 5.01. The molecule has 0 radical (unpaired) electrons. The van der Waals surface area contributed by atoms with E-state index in [0.717, 1.165) is 25.0 Å². The van der Waals surface area contributed by atoms with Crippen molar-refractivity contribution in [3.05, 3.63) is 125 Å². The molecule has 162 valence electrons. The number of ether oxygens (including phenoxy) is 1. The van der Waals surface area contributed by atoms with Gasteiger partial charge in [0.25, 0.3) is 0 Å². The molecule has 4 rings (SSSR count). The predicted molar refractivity (Wildman–Crippen MR) is 135 cm³/mol. The SMILES string of the molecule is CCOc1ccc(-c2ccc(CCc3ccc(C[C@H](C)c4ccccc4)cc3)cc2)cc1. The Morgan fingerprint density at radius 1 is 0.594 bits per heavy atom. The molecule has 0 unspecified atom stereocenters. The first-order valence-electron chi connectivity index (χ1n) is 11.7. The van der Waals surface area contributed by atoms with Crippen LogP contribution in [0.2, 0.25) is 0 Å². The average molecular weight is 421 g/mol. The fourth-order valence-corrected chi connectivity index (χ4v) is 4.16. The summed E-state index contributed by atoms with van der Waals surface area (Å²) in [5, 5.41) is 0. The molecule has 32 heavy (non-hydrogen) atoms. The van der Waals surface area contributed by atoms with Gasteiger partial charge in [0, 0.05) is 0 Å². The van der Waals surface area contributed by atoms with E-state index in [1.807, 2.05) is 19.1 Å². The molecule has 0 heterocycles. The third-order valence-electron chi connectivity index (χ3n) is 6.09. The number of hydrogen-bond acceptors (Lipinski definition) is 1. The lowest BCUT2D eigenvalue weighted by atomic mass is 9.93. The van der Waals surface area contributed by atoms with Crippen LogP contribution in [0, 0.1) is 0 Å². The van der Waals surface area contributed by atoms with Gasteiger partial charge in [-0.25, -0.2) is 0 Å². The molecule has 0 N–H and O–H groups in total. The molecule has 0 amide bonds. The maximum absolute atomic E-state index is 5.54. The van der Waals surface area contributed by atoms with Crippen molar-refractivity contribution >= 4 is 0 Å². The second-order valence-electron chi connectivity index (χ2n) is 8.49. The first-order valence-corrected chi connectivity index (χ1v) is 11.7. The highest BCUT2D eigenvalue weighted by Gasteiger charge is 2.06. The monoisotopic (exact) mass is 420 g/mol. The Kier molecular flexibility index (Phi) is 7.40. The molecule has 0 bridgehead atoms. The van der Waals surface area contributed by atoms with Crippen LogP contribution in [0.5, 0.6) is 5.75 Å². The Labute approximate surface area is 192 Å². The molecule has 0 aliphatic heterocycles. The van der Waals surface area contributed by atoms with E-state index in [9.17, 15) is 0 Å². The zero-order chi connectivity index (χ0) is 22.2. The van der Waals surface area contributed by atoms with Gasteiger partial charge in [-0.15, -0.1) is 0 Å². The standard InChI is InChI=1S/C31H32O/c1-3-32-31-21-19-30(20-22-31)29-17-15-26(16-18-29)10-9-25-11-13-27(14-12-25)23-24(2)28-7-5-4-6-8-28/h4-8,11-22,24H,3,9-10,23H2,1-2H3/t24-/m0/s1. The number of hydrogen-bond donors (Lipinski definition) is 0. The molecule has 0 saturated heterocycles. The Bertz CT molecular complexity index is 1080. The second kappa shape index (κ2) is 10.8. The molecule has 0 aromatic heterocycles. The molecule has 4 aromatic carbocycles. The molecule has 0 spiro atoms. The van der Waals surface area contributed by atoms with Crippen LogP contribution in [0.4, 0.5) is 0 Å². The van der Waals surface area contributed by atoms with Gasteiger partial charge in [-0.2, -0.15) is 0 Å². The number of rotatable bonds is 9. The van der Waals surface area contributed by atoms with E-state index in [4.69, 9.17) is 4.74 Å². The van der Waals surface area contributed by atoms with E-state index in [1.165, 1.54) is 33.4 Å². The van der Waals surface area contributed by atoms with Gasteiger partial charge in [-0.3, -0.25) is 0 Å². The van der Waals surface area contributed by atoms with Gasteiger partial charge in [0.05, 0.1) is 6.61 Å². The van der Waals surface area contributed by atoms with Crippen LogP contribution >= 0.6 is 0 Å². The fourth-order valence-electron chi connectivity index (χ4n) is 4.16. The molecular formula is C31H32O. The van der Waals surface area contributed by atoms with Gasteiger partial charge in [0.15, 0.2) is 0 Å². The van der Waals surface area contributed by atoms with Crippen molar-refractivity contribution in [1.82, 2.24) is 0 Å². The summed E-state index contributed by atoms with van der Waals surface area (Å²) in [5.41, 5.74) is 8.06. The fraction of sp³-hybridized carbons (Fsp3) is 0.226. The van der Waals surface area contributed by atoms with Crippen LogP contribution in [0.25, 0.3) is 11.1 Å². The van der Waals surface area contributed by atoms with Crippen molar-refractivity contribution in [1.29, 1.82) is 0 Å². The largest absolute Gasteiger partial charge is 0.494 e. The highest BCUT2D eigenvalue weighted by Crippen LogP contribution is 2.24. The topological polar surface area (TPSA) is 9.23 Å². The lowest BCUT2D eigenvalue weighted by Gasteiger charge is -2.12. The van der Waals surface area contributed by atoms with Crippen molar-refractivity contribution < 1.29 is 4.74 Å². The summed E-state index contributed by atoms with van der Waals surface area (Å²) in [4.78, 5) is 0. The smallest absolute Gasteiger partial charge is 0.119 e. The quantitative estimate of drug-likeness (QED) is 0.267. The first-order chi connectivity index (χ1) is 15.7. The normalized spacial score (nSPS) is 11.8. The number of benzene rings is 4. The summed E-state index contributed by atoms with van der Waals surface area (Å²) in [7, 11) is 0. The van der Waals surface area contributed by atoms with Crippen molar-refractivity contribution in [2.45, 2.75) is 39.0 Å². The van der Waals surface area contributed by atoms with Crippen molar-refractivity contribution in [3.63, 3.8) is 0 Å². The van der Waals surface area contributed by atoms with E-state index < -0.39 is 0 Å². The highest BCUT2D eigenvalue weighted by atomic mass is 16.5. The zero-order valence-corrected chi connectivity index (χ0v) is 19.1. The predicted octanol–water partition coefficient (Wildman–Crippen LogP) is 7.88. The van der Waals surface area contributed by atoms with Gasteiger partial charge in [0.1, 0.15) is 5.75 Å². The molecule has 1 heteroatoms. The Balaban J connectivity index is 1.30. The van der Waals surface area contributed by atoms with Crippen LogP contribution in [0.3, 0.4) is 0 Å². The molecular weight excluding hydrogens is 388 g/mol. The lowest BCUT2D eigenvalue weighted by molar-refractivity contribution is 0.340. The van der Waals surface area contributed by atoms with Gasteiger partial charge < -0.3 is 4.74 Å². The van der Waals surface area contributed by atoms with Gasteiger partial charge in [0.2, 0.25) is 0 Å². The van der Waals surface area contributed by atoms with Crippen molar-refractivity contribution in [2.75, 3.05) is 6.61 Å². The average Bonchev–Trinajstić information content (AvgIpc) is 2.85. The second-order valence-corrected chi connectivity index (χ2v) is 8.49. The Morgan fingerprint density at radius 3 is 1.66 bits per heavy atom. The molecule has 0 fully saturated rings. The first kappa shape index (κ1) is 21.9. The molecule has 1 nitrogen and oxygen atoms in total. The molecule has 0 saturated carbocycles. The van der Waals surface area contributed by atoms with Crippen LogP contribution < -0.4 is 4.74 Å². The van der Waals surface area contributed by atoms with E-state index >= 15 is 0 Å². The minimum Gasteiger partial charge on any atom is -0.494 e.